The quantitative estimate of drug-likeness (QED) is 0.772. The minimum atomic E-state index is -0.0291. The third-order valence-electron chi connectivity index (χ3n) is 3.90. The lowest BCUT2D eigenvalue weighted by molar-refractivity contribution is 0.0817. The van der Waals surface area contributed by atoms with Gasteiger partial charge in [-0.05, 0) is 57.0 Å². The molecule has 1 heterocycles. The van der Waals surface area contributed by atoms with Gasteiger partial charge in [-0.15, -0.1) is 0 Å². The van der Waals surface area contributed by atoms with Crippen molar-refractivity contribution in [3.8, 4) is 0 Å². The number of nitrogens with zero attached hydrogens (tertiary/aromatic N) is 1. The van der Waals surface area contributed by atoms with Crippen LogP contribution in [0.25, 0.3) is 0 Å². The van der Waals surface area contributed by atoms with Crippen molar-refractivity contribution in [2.45, 2.75) is 45.2 Å². The topological polar surface area (TPSA) is 20.3 Å². The number of hydrogen-bond acceptors (Lipinski definition) is 2. The van der Waals surface area contributed by atoms with E-state index in [1.54, 1.807) is 12.1 Å². The lowest BCUT2D eigenvalue weighted by atomic mass is 10.0. The van der Waals surface area contributed by atoms with Crippen molar-refractivity contribution in [2.24, 2.45) is 0 Å². The molecular formula is C15H20ClNO. The number of likely N-dealkylation sites (tertiary alicyclic amines) is 1. The SMILES string of the molecule is CCC1CCCN1C(C)C(=O)c1ccc(Cl)cc1. The molecule has 0 aliphatic carbocycles. The molecule has 1 fully saturated rings. The average Bonchev–Trinajstić information content (AvgIpc) is 2.86. The lowest BCUT2D eigenvalue weighted by Gasteiger charge is -2.29. The van der Waals surface area contributed by atoms with E-state index in [0.717, 1.165) is 18.5 Å². The van der Waals surface area contributed by atoms with Crippen LogP contribution in [0.5, 0.6) is 0 Å². The highest BCUT2D eigenvalue weighted by molar-refractivity contribution is 6.30. The van der Waals surface area contributed by atoms with E-state index in [-0.39, 0.29) is 11.8 Å². The molecule has 3 heteroatoms. The van der Waals surface area contributed by atoms with Crippen LogP contribution in [0.3, 0.4) is 0 Å². The Morgan fingerprint density at radius 2 is 2.11 bits per heavy atom. The molecule has 2 unspecified atom stereocenters. The van der Waals surface area contributed by atoms with E-state index in [9.17, 15) is 4.79 Å². The van der Waals surface area contributed by atoms with Gasteiger partial charge in [0.1, 0.15) is 0 Å². The standard InChI is InChI=1S/C15H20ClNO/c1-3-14-5-4-10-17(14)11(2)15(18)12-6-8-13(16)9-7-12/h6-9,11,14H,3-5,10H2,1-2H3. The summed E-state index contributed by atoms with van der Waals surface area (Å²) in [4.78, 5) is 14.8. The Labute approximate surface area is 114 Å². The summed E-state index contributed by atoms with van der Waals surface area (Å²) in [7, 11) is 0. The minimum Gasteiger partial charge on any atom is -0.292 e. The Balaban J connectivity index is 2.11. The fourth-order valence-corrected chi connectivity index (χ4v) is 2.94. The summed E-state index contributed by atoms with van der Waals surface area (Å²) in [5.41, 5.74) is 0.758. The van der Waals surface area contributed by atoms with Crippen LogP contribution in [0.4, 0.5) is 0 Å². The Morgan fingerprint density at radius 3 is 2.72 bits per heavy atom. The second-order valence-corrected chi connectivity index (χ2v) is 5.43. The molecule has 1 aliphatic rings. The molecule has 0 spiro atoms. The first-order chi connectivity index (χ1) is 8.63. The molecule has 1 saturated heterocycles. The van der Waals surface area contributed by atoms with Crippen molar-refractivity contribution in [3.63, 3.8) is 0 Å². The van der Waals surface area contributed by atoms with E-state index < -0.39 is 0 Å². The van der Waals surface area contributed by atoms with Crippen molar-refractivity contribution in [2.75, 3.05) is 6.54 Å². The van der Waals surface area contributed by atoms with Gasteiger partial charge in [-0.25, -0.2) is 0 Å². The number of rotatable bonds is 4. The first-order valence-corrected chi connectivity index (χ1v) is 7.06. The Hall–Kier alpha value is -0.860. The first-order valence-electron chi connectivity index (χ1n) is 6.69. The van der Waals surface area contributed by atoms with Crippen LogP contribution in [0, 0.1) is 0 Å². The number of carbonyl (C=O) groups is 1. The van der Waals surface area contributed by atoms with Crippen LogP contribution in [0.15, 0.2) is 24.3 Å². The van der Waals surface area contributed by atoms with E-state index in [1.807, 2.05) is 19.1 Å². The first kappa shape index (κ1) is 13.6. The predicted molar refractivity (Wildman–Crippen MR) is 75.3 cm³/mol. The number of carbonyl (C=O) groups excluding carboxylic acids is 1. The highest BCUT2D eigenvalue weighted by Crippen LogP contribution is 2.24. The van der Waals surface area contributed by atoms with Crippen LogP contribution in [0.2, 0.25) is 5.02 Å². The molecule has 0 radical (unpaired) electrons. The summed E-state index contributed by atoms with van der Waals surface area (Å²) < 4.78 is 0. The summed E-state index contributed by atoms with van der Waals surface area (Å²) in [6.45, 7) is 5.26. The molecule has 1 aliphatic heterocycles. The van der Waals surface area contributed by atoms with Gasteiger partial charge in [0.05, 0.1) is 6.04 Å². The second-order valence-electron chi connectivity index (χ2n) is 4.99. The van der Waals surface area contributed by atoms with Gasteiger partial charge in [0.2, 0.25) is 0 Å². The van der Waals surface area contributed by atoms with E-state index in [2.05, 4.69) is 11.8 Å². The van der Waals surface area contributed by atoms with Gasteiger partial charge in [0.25, 0.3) is 0 Å². The highest BCUT2D eigenvalue weighted by Gasteiger charge is 2.31. The summed E-state index contributed by atoms with van der Waals surface area (Å²) in [6.07, 6.45) is 3.55. The number of halogens is 1. The summed E-state index contributed by atoms with van der Waals surface area (Å²) >= 11 is 5.85. The maximum atomic E-state index is 12.4. The van der Waals surface area contributed by atoms with Gasteiger partial charge < -0.3 is 0 Å². The predicted octanol–water partition coefficient (Wildman–Crippen LogP) is 3.79. The minimum absolute atomic E-state index is 0.0291. The normalized spacial score (nSPS) is 22.1. The molecule has 2 atom stereocenters. The molecule has 0 saturated carbocycles. The Kier molecular flexibility index (Phi) is 4.41. The van der Waals surface area contributed by atoms with Crippen molar-refractivity contribution in [1.82, 2.24) is 4.90 Å². The fraction of sp³-hybridized carbons (Fsp3) is 0.533. The van der Waals surface area contributed by atoms with Gasteiger partial charge >= 0.3 is 0 Å². The van der Waals surface area contributed by atoms with E-state index >= 15 is 0 Å². The van der Waals surface area contributed by atoms with Crippen molar-refractivity contribution >= 4 is 17.4 Å². The van der Waals surface area contributed by atoms with Crippen molar-refractivity contribution < 1.29 is 4.79 Å². The van der Waals surface area contributed by atoms with Crippen LogP contribution in [0.1, 0.15) is 43.5 Å². The molecular weight excluding hydrogens is 246 g/mol. The Morgan fingerprint density at radius 1 is 1.44 bits per heavy atom. The van der Waals surface area contributed by atoms with Gasteiger partial charge in [-0.1, -0.05) is 18.5 Å². The molecule has 1 aromatic carbocycles. The van der Waals surface area contributed by atoms with Gasteiger partial charge in [-0.3, -0.25) is 9.69 Å². The number of benzene rings is 1. The maximum absolute atomic E-state index is 12.4. The van der Waals surface area contributed by atoms with Crippen LogP contribution in [-0.2, 0) is 0 Å². The lowest BCUT2D eigenvalue weighted by Crippen LogP contribution is -2.41. The number of ketones is 1. The largest absolute Gasteiger partial charge is 0.292 e. The van der Waals surface area contributed by atoms with Gasteiger partial charge in [0.15, 0.2) is 5.78 Å². The van der Waals surface area contributed by atoms with E-state index in [1.165, 1.54) is 12.8 Å². The molecule has 2 nitrogen and oxygen atoms in total. The molecule has 0 aromatic heterocycles. The molecule has 18 heavy (non-hydrogen) atoms. The zero-order chi connectivity index (χ0) is 13.1. The fourth-order valence-electron chi connectivity index (χ4n) is 2.81. The van der Waals surface area contributed by atoms with Crippen LogP contribution in [-0.4, -0.2) is 29.3 Å². The third kappa shape index (κ3) is 2.76. The molecule has 0 amide bonds. The number of hydrogen-bond donors (Lipinski definition) is 0. The van der Waals surface area contributed by atoms with Crippen LogP contribution < -0.4 is 0 Å². The second kappa shape index (κ2) is 5.85. The van der Waals surface area contributed by atoms with Crippen molar-refractivity contribution in [3.05, 3.63) is 34.9 Å². The molecule has 0 N–H and O–H groups in total. The van der Waals surface area contributed by atoms with Crippen molar-refractivity contribution in [1.29, 1.82) is 0 Å². The zero-order valence-corrected chi connectivity index (χ0v) is 11.8. The zero-order valence-electron chi connectivity index (χ0n) is 11.0. The summed E-state index contributed by atoms with van der Waals surface area (Å²) in [5, 5.41) is 0.673. The molecule has 2 rings (SSSR count). The van der Waals surface area contributed by atoms with E-state index in [4.69, 9.17) is 11.6 Å². The smallest absolute Gasteiger partial charge is 0.179 e. The number of Topliss-reactive ketones (excluding diaryl/α,β-unsaturated/α-hetero) is 1. The van der Waals surface area contributed by atoms with Crippen LogP contribution >= 0.6 is 11.6 Å². The molecule has 98 valence electrons. The average molecular weight is 266 g/mol. The third-order valence-corrected chi connectivity index (χ3v) is 4.15. The monoisotopic (exact) mass is 265 g/mol. The molecule has 1 aromatic rings. The molecule has 0 bridgehead atoms. The maximum Gasteiger partial charge on any atom is 0.179 e. The van der Waals surface area contributed by atoms with E-state index in [0.29, 0.717) is 11.1 Å². The van der Waals surface area contributed by atoms with Gasteiger partial charge in [-0.2, -0.15) is 0 Å². The summed E-state index contributed by atoms with van der Waals surface area (Å²) in [6, 6.07) is 7.73. The highest BCUT2D eigenvalue weighted by atomic mass is 35.5. The summed E-state index contributed by atoms with van der Waals surface area (Å²) in [5.74, 6) is 0.201. The van der Waals surface area contributed by atoms with Gasteiger partial charge in [0, 0.05) is 16.6 Å². The Bertz CT molecular complexity index is 415.